The van der Waals surface area contributed by atoms with Crippen LogP contribution in [0.15, 0.2) is 22.7 Å². The van der Waals surface area contributed by atoms with Crippen molar-refractivity contribution in [2.24, 2.45) is 0 Å². The van der Waals surface area contributed by atoms with Crippen molar-refractivity contribution in [1.29, 1.82) is 0 Å². The molecule has 0 unspecified atom stereocenters. The monoisotopic (exact) mass is 322 g/mol. The van der Waals surface area contributed by atoms with Gasteiger partial charge in [-0.2, -0.15) is 0 Å². The Kier molecular flexibility index (Phi) is 6.41. The van der Waals surface area contributed by atoms with E-state index in [1.807, 2.05) is 12.1 Å². The summed E-state index contributed by atoms with van der Waals surface area (Å²) in [4.78, 5) is 2.30. The minimum Gasteiger partial charge on any atom is -0.315 e. The molecule has 1 saturated heterocycles. The lowest BCUT2D eigenvalue weighted by molar-refractivity contribution is 0.280. The Balaban J connectivity index is 0.00000144. The van der Waals surface area contributed by atoms with E-state index in [1.54, 1.807) is 0 Å². The number of hydrogen-bond donors (Lipinski definition) is 1. The van der Waals surface area contributed by atoms with Crippen molar-refractivity contribution in [3.05, 3.63) is 34.1 Å². The van der Waals surface area contributed by atoms with E-state index in [-0.39, 0.29) is 18.2 Å². The van der Waals surface area contributed by atoms with Crippen LogP contribution in [0, 0.1) is 5.82 Å². The lowest BCUT2D eigenvalue weighted by Crippen LogP contribution is -2.28. The average molecular weight is 324 g/mol. The number of hydrogen-bond acceptors (Lipinski definition) is 2. The van der Waals surface area contributed by atoms with Gasteiger partial charge in [-0.15, -0.1) is 12.4 Å². The molecule has 1 heterocycles. The lowest BCUT2D eigenvalue weighted by atomic mass is 10.2. The SMILES string of the molecule is Cl.Fc1cc(Br)ccc1CN1CCCNCC1. The summed E-state index contributed by atoms with van der Waals surface area (Å²) in [5.41, 5.74) is 0.783. The minimum atomic E-state index is -0.119. The van der Waals surface area contributed by atoms with Crippen molar-refractivity contribution in [3.63, 3.8) is 0 Å². The maximum atomic E-state index is 13.6. The summed E-state index contributed by atoms with van der Waals surface area (Å²) >= 11 is 3.27. The number of rotatable bonds is 2. The highest BCUT2D eigenvalue weighted by Crippen LogP contribution is 2.17. The number of halogens is 3. The van der Waals surface area contributed by atoms with Crippen molar-refractivity contribution in [3.8, 4) is 0 Å². The van der Waals surface area contributed by atoms with E-state index >= 15 is 0 Å². The zero-order chi connectivity index (χ0) is 11.4. The van der Waals surface area contributed by atoms with Crippen LogP contribution in [0.3, 0.4) is 0 Å². The molecule has 0 atom stereocenters. The summed E-state index contributed by atoms with van der Waals surface area (Å²) in [6, 6.07) is 5.29. The second kappa shape index (κ2) is 7.31. The maximum absolute atomic E-state index is 13.6. The molecule has 17 heavy (non-hydrogen) atoms. The second-order valence-electron chi connectivity index (χ2n) is 4.12. The van der Waals surface area contributed by atoms with Crippen LogP contribution in [0.25, 0.3) is 0 Å². The molecule has 0 bridgehead atoms. The highest BCUT2D eigenvalue weighted by molar-refractivity contribution is 9.10. The first-order chi connectivity index (χ1) is 7.75. The van der Waals surface area contributed by atoms with Gasteiger partial charge in [0, 0.05) is 29.7 Å². The Morgan fingerprint density at radius 1 is 1.29 bits per heavy atom. The molecule has 5 heteroatoms. The van der Waals surface area contributed by atoms with Crippen molar-refractivity contribution >= 4 is 28.3 Å². The van der Waals surface area contributed by atoms with Gasteiger partial charge in [-0.1, -0.05) is 22.0 Å². The first-order valence-electron chi connectivity index (χ1n) is 5.63. The molecule has 96 valence electrons. The lowest BCUT2D eigenvalue weighted by Gasteiger charge is -2.19. The molecule has 2 rings (SSSR count). The molecular weight excluding hydrogens is 307 g/mol. The quantitative estimate of drug-likeness (QED) is 0.900. The van der Waals surface area contributed by atoms with Gasteiger partial charge in [0.2, 0.25) is 0 Å². The minimum absolute atomic E-state index is 0. The third-order valence-corrected chi connectivity index (χ3v) is 3.34. The third kappa shape index (κ3) is 4.54. The van der Waals surface area contributed by atoms with Crippen LogP contribution in [-0.4, -0.2) is 31.1 Å². The topological polar surface area (TPSA) is 15.3 Å². The predicted molar refractivity (Wildman–Crippen MR) is 74.1 cm³/mol. The molecule has 1 aliphatic heterocycles. The smallest absolute Gasteiger partial charge is 0.128 e. The van der Waals surface area contributed by atoms with E-state index < -0.39 is 0 Å². The first kappa shape index (κ1) is 14.9. The summed E-state index contributed by atoms with van der Waals surface area (Å²) in [7, 11) is 0. The zero-order valence-corrected chi connectivity index (χ0v) is 12.0. The van der Waals surface area contributed by atoms with Crippen molar-refractivity contribution in [2.75, 3.05) is 26.2 Å². The van der Waals surface area contributed by atoms with E-state index in [0.717, 1.165) is 42.6 Å². The molecule has 1 N–H and O–H groups in total. The number of nitrogens with one attached hydrogen (secondary N) is 1. The molecular formula is C12H17BrClFN2. The van der Waals surface area contributed by atoms with Crippen LogP contribution in [0.4, 0.5) is 4.39 Å². The Hall–Kier alpha value is -0.160. The van der Waals surface area contributed by atoms with Crippen molar-refractivity contribution in [1.82, 2.24) is 10.2 Å². The van der Waals surface area contributed by atoms with Gasteiger partial charge in [0.05, 0.1) is 0 Å². The van der Waals surface area contributed by atoms with E-state index in [9.17, 15) is 4.39 Å². The number of nitrogens with zero attached hydrogens (tertiary/aromatic N) is 1. The Morgan fingerprint density at radius 3 is 2.88 bits per heavy atom. The molecule has 0 saturated carbocycles. The Labute approximate surface area is 116 Å². The first-order valence-corrected chi connectivity index (χ1v) is 6.42. The van der Waals surface area contributed by atoms with E-state index in [2.05, 4.69) is 26.1 Å². The fourth-order valence-electron chi connectivity index (χ4n) is 1.95. The summed E-state index contributed by atoms with van der Waals surface area (Å²) in [6.07, 6.45) is 1.14. The third-order valence-electron chi connectivity index (χ3n) is 2.84. The molecule has 2 nitrogen and oxygen atoms in total. The Morgan fingerprint density at radius 2 is 2.12 bits per heavy atom. The van der Waals surface area contributed by atoms with Crippen LogP contribution in [0.5, 0.6) is 0 Å². The second-order valence-corrected chi connectivity index (χ2v) is 5.03. The highest BCUT2D eigenvalue weighted by Gasteiger charge is 2.11. The van der Waals surface area contributed by atoms with Gasteiger partial charge in [-0.3, -0.25) is 4.90 Å². The molecule has 0 aromatic heterocycles. The standard InChI is InChI=1S/C12H16BrFN2.ClH/c13-11-3-2-10(12(14)8-11)9-16-6-1-4-15-5-7-16;/h2-3,8,15H,1,4-7,9H2;1H. The molecule has 1 aliphatic rings. The fourth-order valence-corrected chi connectivity index (χ4v) is 2.28. The average Bonchev–Trinajstić information content (AvgIpc) is 2.51. The van der Waals surface area contributed by atoms with Gasteiger partial charge in [-0.25, -0.2) is 4.39 Å². The summed E-state index contributed by atoms with van der Waals surface area (Å²) < 4.78 is 14.4. The van der Waals surface area contributed by atoms with E-state index in [1.165, 1.54) is 6.07 Å². The van der Waals surface area contributed by atoms with Gasteiger partial charge < -0.3 is 5.32 Å². The predicted octanol–water partition coefficient (Wildman–Crippen LogP) is 2.81. The van der Waals surface area contributed by atoms with Gasteiger partial charge in [0.15, 0.2) is 0 Å². The summed E-state index contributed by atoms with van der Waals surface area (Å²) in [5.74, 6) is -0.119. The van der Waals surface area contributed by atoms with Gasteiger partial charge >= 0.3 is 0 Å². The molecule has 1 aromatic rings. The van der Waals surface area contributed by atoms with Crippen LogP contribution < -0.4 is 5.32 Å². The zero-order valence-electron chi connectivity index (χ0n) is 9.59. The van der Waals surface area contributed by atoms with E-state index in [0.29, 0.717) is 6.54 Å². The fraction of sp³-hybridized carbons (Fsp3) is 0.500. The van der Waals surface area contributed by atoms with Crippen LogP contribution in [-0.2, 0) is 6.54 Å². The van der Waals surface area contributed by atoms with Gasteiger partial charge in [0.1, 0.15) is 5.82 Å². The molecule has 0 aliphatic carbocycles. The highest BCUT2D eigenvalue weighted by atomic mass is 79.9. The van der Waals surface area contributed by atoms with E-state index in [4.69, 9.17) is 0 Å². The van der Waals surface area contributed by atoms with Gasteiger partial charge in [0.25, 0.3) is 0 Å². The van der Waals surface area contributed by atoms with Gasteiger partial charge in [-0.05, 0) is 31.6 Å². The van der Waals surface area contributed by atoms with Crippen LogP contribution >= 0.6 is 28.3 Å². The van der Waals surface area contributed by atoms with Crippen LogP contribution in [0.1, 0.15) is 12.0 Å². The summed E-state index contributed by atoms with van der Waals surface area (Å²) in [5, 5.41) is 3.34. The largest absolute Gasteiger partial charge is 0.315 e. The number of benzene rings is 1. The van der Waals surface area contributed by atoms with Crippen molar-refractivity contribution < 1.29 is 4.39 Å². The maximum Gasteiger partial charge on any atom is 0.128 e. The van der Waals surface area contributed by atoms with Crippen molar-refractivity contribution in [2.45, 2.75) is 13.0 Å². The molecule has 0 radical (unpaired) electrons. The molecule has 1 fully saturated rings. The normalized spacial score (nSPS) is 17.3. The summed E-state index contributed by atoms with van der Waals surface area (Å²) in [6.45, 7) is 4.82. The molecule has 0 spiro atoms. The Bertz CT molecular complexity index is 354. The van der Waals surface area contributed by atoms with Crippen LogP contribution in [0.2, 0.25) is 0 Å². The molecule has 1 aromatic carbocycles. The molecule has 0 amide bonds.